The number of rotatable bonds is 5. The number of carbonyl (C=O) groups excluding carboxylic acids is 2. The molecule has 0 atom stereocenters. The minimum absolute atomic E-state index is 0.135. The van der Waals surface area contributed by atoms with E-state index in [0.717, 1.165) is 10.6 Å². The van der Waals surface area contributed by atoms with Gasteiger partial charge in [-0.2, -0.15) is 0 Å². The van der Waals surface area contributed by atoms with E-state index in [9.17, 15) is 14.0 Å². The maximum absolute atomic E-state index is 12.8. The summed E-state index contributed by atoms with van der Waals surface area (Å²) in [5.74, 6) is -1.15. The van der Waals surface area contributed by atoms with Crippen LogP contribution in [0.2, 0.25) is 0 Å². The molecule has 0 bridgehead atoms. The van der Waals surface area contributed by atoms with Crippen LogP contribution in [0.4, 0.5) is 4.39 Å². The Kier molecular flexibility index (Phi) is 4.64. The number of benzene rings is 1. The number of likely N-dealkylation sites (N-methyl/N-ethyl adjacent to an activating group) is 1. The maximum Gasteiger partial charge on any atom is 0.265 e. The van der Waals surface area contributed by atoms with Crippen molar-refractivity contribution in [2.75, 3.05) is 13.6 Å². The third-order valence-corrected chi connectivity index (χ3v) is 3.76. The molecule has 2 aromatic rings. The highest BCUT2D eigenvalue weighted by Crippen LogP contribution is 2.18. The largest absolute Gasteiger partial charge is 0.368 e. The summed E-state index contributed by atoms with van der Waals surface area (Å²) < 4.78 is 12.8. The molecule has 2 amide bonds. The normalized spacial score (nSPS) is 10.4. The lowest BCUT2D eigenvalue weighted by atomic mass is 10.2. The molecule has 0 radical (unpaired) electrons. The third-order valence-electron chi connectivity index (χ3n) is 2.77. The zero-order valence-electron chi connectivity index (χ0n) is 11.4. The van der Waals surface area contributed by atoms with Gasteiger partial charge in [0.05, 0.1) is 17.7 Å². The predicted octanol–water partition coefficient (Wildman–Crippen LogP) is 1.43. The number of nitrogens with two attached hydrogens (primary N) is 1. The molecule has 1 heterocycles. The van der Waals surface area contributed by atoms with E-state index in [-0.39, 0.29) is 18.3 Å². The highest BCUT2D eigenvalue weighted by Gasteiger charge is 2.16. The van der Waals surface area contributed by atoms with E-state index in [2.05, 4.69) is 4.98 Å². The first kappa shape index (κ1) is 15.1. The van der Waals surface area contributed by atoms with Crippen molar-refractivity contribution in [1.29, 1.82) is 0 Å². The molecular weight excluding hydrogens is 293 g/mol. The average molecular weight is 307 g/mol. The summed E-state index contributed by atoms with van der Waals surface area (Å²) in [4.78, 5) is 28.7. The van der Waals surface area contributed by atoms with Gasteiger partial charge in [0, 0.05) is 13.5 Å². The van der Waals surface area contributed by atoms with E-state index in [4.69, 9.17) is 5.73 Å². The first-order valence-electron chi connectivity index (χ1n) is 6.18. The fraction of sp³-hybridized carbons (Fsp3) is 0.214. The molecule has 1 aromatic heterocycles. The van der Waals surface area contributed by atoms with Crippen molar-refractivity contribution in [2.24, 2.45) is 5.73 Å². The highest BCUT2D eigenvalue weighted by molar-refractivity contribution is 7.13. The molecule has 5 nitrogen and oxygen atoms in total. The molecule has 0 saturated carbocycles. The zero-order valence-corrected chi connectivity index (χ0v) is 12.2. The number of thiazole rings is 1. The van der Waals surface area contributed by atoms with Gasteiger partial charge in [0.2, 0.25) is 5.91 Å². The van der Waals surface area contributed by atoms with E-state index < -0.39 is 5.91 Å². The molecule has 0 aliphatic heterocycles. The monoisotopic (exact) mass is 307 g/mol. The zero-order chi connectivity index (χ0) is 15.4. The lowest BCUT2D eigenvalue weighted by molar-refractivity contribution is -0.118. The molecule has 2 rings (SSSR count). The van der Waals surface area contributed by atoms with Crippen LogP contribution in [-0.4, -0.2) is 35.3 Å². The van der Waals surface area contributed by atoms with Crippen LogP contribution in [-0.2, 0) is 11.2 Å². The molecule has 7 heteroatoms. The van der Waals surface area contributed by atoms with Gasteiger partial charge in [-0.25, -0.2) is 9.37 Å². The van der Waals surface area contributed by atoms with Gasteiger partial charge < -0.3 is 10.6 Å². The molecule has 1 aromatic carbocycles. The standard InChI is InChI=1S/C14H14FN3O2S/c1-18(8-12(16)19)14(20)11-7-17-13(21-11)6-9-2-4-10(15)5-3-9/h2-5,7H,6,8H2,1H3,(H2,16,19). The Morgan fingerprint density at radius 2 is 2.00 bits per heavy atom. The van der Waals surface area contributed by atoms with Crippen LogP contribution in [0.5, 0.6) is 0 Å². The topological polar surface area (TPSA) is 76.3 Å². The second kappa shape index (κ2) is 6.45. The summed E-state index contributed by atoms with van der Waals surface area (Å²) in [6.45, 7) is -0.135. The van der Waals surface area contributed by atoms with E-state index in [1.807, 2.05) is 0 Å². The number of hydrogen-bond donors (Lipinski definition) is 1. The van der Waals surface area contributed by atoms with Crippen LogP contribution < -0.4 is 5.73 Å². The molecule has 2 N–H and O–H groups in total. The molecule has 21 heavy (non-hydrogen) atoms. The van der Waals surface area contributed by atoms with Gasteiger partial charge in [-0.1, -0.05) is 12.1 Å². The summed E-state index contributed by atoms with van der Waals surface area (Å²) in [5, 5.41) is 0.748. The summed E-state index contributed by atoms with van der Waals surface area (Å²) in [6.07, 6.45) is 2.00. The van der Waals surface area contributed by atoms with Crippen LogP contribution in [0.1, 0.15) is 20.2 Å². The lowest BCUT2D eigenvalue weighted by Crippen LogP contribution is -2.34. The van der Waals surface area contributed by atoms with E-state index in [1.54, 1.807) is 12.1 Å². The number of carbonyl (C=O) groups is 2. The summed E-state index contributed by atoms with van der Waals surface area (Å²) in [5.41, 5.74) is 5.97. The Balaban J connectivity index is 2.05. The highest BCUT2D eigenvalue weighted by atomic mass is 32.1. The van der Waals surface area contributed by atoms with Crippen molar-refractivity contribution in [1.82, 2.24) is 9.88 Å². The second-order valence-corrected chi connectivity index (χ2v) is 5.66. The Morgan fingerprint density at radius 3 is 2.62 bits per heavy atom. The summed E-state index contributed by atoms with van der Waals surface area (Å²) >= 11 is 1.25. The van der Waals surface area contributed by atoms with Crippen LogP contribution in [0, 0.1) is 5.82 Å². The van der Waals surface area contributed by atoms with Crippen molar-refractivity contribution >= 4 is 23.2 Å². The quantitative estimate of drug-likeness (QED) is 0.908. The van der Waals surface area contributed by atoms with Gasteiger partial charge in [0.1, 0.15) is 10.7 Å². The van der Waals surface area contributed by atoms with E-state index >= 15 is 0 Å². The molecule has 110 valence electrons. The van der Waals surface area contributed by atoms with Gasteiger partial charge in [-0.15, -0.1) is 11.3 Å². The number of primary amides is 1. The Morgan fingerprint density at radius 1 is 1.33 bits per heavy atom. The number of halogens is 1. The fourth-order valence-electron chi connectivity index (χ4n) is 1.76. The number of nitrogens with zero attached hydrogens (tertiary/aromatic N) is 2. The minimum atomic E-state index is -0.568. The van der Waals surface area contributed by atoms with Crippen LogP contribution in [0.15, 0.2) is 30.5 Å². The molecular formula is C14H14FN3O2S. The first-order chi connectivity index (χ1) is 9.95. The Hall–Kier alpha value is -2.28. The Labute approximate surface area is 125 Å². The molecule has 0 spiro atoms. The lowest BCUT2D eigenvalue weighted by Gasteiger charge is -2.12. The second-order valence-electron chi connectivity index (χ2n) is 4.55. The van der Waals surface area contributed by atoms with Gasteiger partial charge in [-0.05, 0) is 17.7 Å². The first-order valence-corrected chi connectivity index (χ1v) is 7.00. The predicted molar refractivity (Wildman–Crippen MR) is 77.5 cm³/mol. The van der Waals surface area contributed by atoms with Gasteiger partial charge in [0.25, 0.3) is 5.91 Å². The van der Waals surface area contributed by atoms with Crippen molar-refractivity contribution in [3.05, 3.63) is 51.7 Å². The molecule has 0 fully saturated rings. The van der Waals surface area contributed by atoms with Crippen molar-refractivity contribution in [3.8, 4) is 0 Å². The maximum atomic E-state index is 12.8. The fourth-order valence-corrected chi connectivity index (χ4v) is 2.71. The smallest absolute Gasteiger partial charge is 0.265 e. The molecule has 0 unspecified atom stereocenters. The number of hydrogen-bond acceptors (Lipinski definition) is 4. The number of aromatic nitrogens is 1. The molecule has 0 aliphatic carbocycles. The Bertz CT molecular complexity index is 654. The SMILES string of the molecule is CN(CC(N)=O)C(=O)c1cnc(Cc2ccc(F)cc2)s1. The van der Waals surface area contributed by atoms with Crippen molar-refractivity contribution in [2.45, 2.75) is 6.42 Å². The van der Waals surface area contributed by atoms with E-state index in [0.29, 0.717) is 11.3 Å². The minimum Gasteiger partial charge on any atom is -0.368 e. The molecule has 0 saturated heterocycles. The van der Waals surface area contributed by atoms with Crippen LogP contribution >= 0.6 is 11.3 Å². The van der Waals surface area contributed by atoms with Gasteiger partial charge in [-0.3, -0.25) is 9.59 Å². The van der Waals surface area contributed by atoms with E-state index in [1.165, 1.54) is 41.6 Å². The number of amides is 2. The van der Waals surface area contributed by atoms with Crippen LogP contribution in [0.3, 0.4) is 0 Å². The van der Waals surface area contributed by atoms with Crippen molar-refractivity contribution in [3.63, 3.8) is 0 Å². The van der Waals surface area contributed by atoms with Crippen LogP contribution in [0.25, 0.3) is 0 Å². The molecule has 0 aliphatic rings. The third kappa shape index (κ3) is 4.09. The summed E-state index contributed by atoms with van der Waals surface area (Å²) in [7, 11) is 1.51. The summed E-state index contributed by atoms with van der Waals surface area (Å²) in [6, 6.07) is 6.13. The van der Waals surface area contributed by atoms with Gasteiger partial charge >= 0.3 is 0 Å². The van der Waals surface area contributed by atoms with Gasteiger partial charge in [0.15, 0.2) is 0 Å². The average Bonchev–Trinajstić information content (AvgIpc) is 2.88. The van der Waals surface area contributed by atoms with Crippen molar-refractivity contribution < 1.29 is 14.0 Å².